The largest absolute Gasteiger partial charge is 0.394 e. The molecule has 2 unspecified atom stereocenters. The van der Waals surface area contributed by atoms with E-state index in [9.17, 15) is 5.11 Å². The smallest absolute Gasteiger partial charge is 0.168 e. The summed E-state index contributed by atoms with van der Waals surface area (Å²) in [4.78, 5) is 13.1. The van der Waals surface area contributed by atoms with Gasteiger partial charge in [-0.1, -0.05) is 0 Å². The molecule has 1 N–H and O–H groups in total. The number of imidazole rings is 1. The minimum atomic E-state index is -0.125. The third kappa shape index (κ3) is 2.01. The van der Waals surface area contributed by atoms with Crippen molar-refractivity contribution < 1.29 is 9.84 Å². The molecule has 7 heteroatoms. The van der Waals surface area contributed by atoms with Crippen LogP contribution in [0.25, 0.3) is 17.0 Å². The summed E-state index contributed by atoms with van der Waals surface area (Å²) in [7, 11) is 0. The number of fused-ring (bicyclic) bond motifs is 1. The van der Waals surface area contributed by atoms with Gasteiger partial charge in [0, 0.05) is 12.4 Å². The van der Waals surface area contributed by atoms with Crippen LogP contribution in [-0.2, 0) is 4.74 Å². The summed E-state index contributed by atoms with van der Waals surface area (Å²) in [5, 5.41) is 9.18. The van der Waals surface area contributed by atoms with Gasteiger partial charge < -0.3 is 14.4 Å². The highest BCUT2D eigenvalue weighted by Gasteiger charge is 2.27. The summed E-state index contributed by atoms with van der Waals surface area (Å²) in [5.74, 6) is 0.750. The lowest BCUT2D eigenvalue weighted by Crippen LogP contribution is -2.14. The summed E-state index contributed by atoms with van der Waals surface area (Å²) in [6, 6.07) is 3.88. The molecule has 1 fully saturated rings. The number of aliphatic hydroxyl groups excluding tert-OH is 1. The average molecular weight is 285 g/mol. The van der Waals surface area contributed by atoms with Crippen molar-refractivity contribution in [3.63, 3.8) is 0 Å². The maximum Gasteiger partial charge on any atom is 0.168 e. The molecule has 3 aromatic rings. The van der Waals surface area contributed by atoms with Crippen molar-refractivity contribution in [1.29, 1.82) is 0 Å². The number of ether oxygens (including phenoxy) is 1. The number of aliphatic hydroxyl groups is 1. The van der Waals surface area contributed by atoms with Crippen molar-refractivity contribution >= 4 is 11.2 Å². The van der Waals surface area contributed by atoms with E-state index < -0.39 is 0 Å². The van der Waals surface area contributed by atoms with Crippen molar-refractivity contribution in [3.8, 4) is 5.82 Å². The van der Waals surface area contributed by atoms with Gasteiger partial charge in [-0.15, -0.1) is 0 Å². The van der Waals surface area contributed by atoms with Crippen LogP contribution in [0.5, 0.6) is 0 Å². The highest BCUT2D eigenvalue weighted by atomic mass is 16.5. The summed E-state index contributed by atoms with van der Waals surface area (Å²) in [5.41, 5.74) is 1.49. The van der Waals surface area contributed by atoms with Gasteiger partial charge in [0.2, 0.25) is 0 Å². The maximum atomic E-state index is 9.18. The minimum absolute atomic E-state index is 0.0483. The molecular formula is C14H15N5O2. The van der Waals surface area contributed by atoms with Crippen LogP contribution in [0.4, 0.5) is 0 Å². The number of hydrogen-bond acceptors (Lipinski definition) is 5. The molecule has 108 valence electrons. The molecule has 0 aromatic carbocycles. The van der Waals surface area contributed by atoms with Crippen LogP contribution in [0.15, 0.2) is 37.2 Å². The van der Waals surface area contributed by atoms with Crippen LogP contribution in [0.2, 0.25) is 0 Å². The Morgan fingerprint density at radius 2 is 2.05 bits per heavy atom. The van der Waals surface area contributed by atoms with Gasteiger partial charge in [-0.25, -0.2) is 15.0 Å². The Balaban J connectivity index is 1.78. The Kier molecular flexibility index (Phi) is 2.94. The van der Waals surface area contributed by atoms with E-state index in [-0.39, 0.29) is 18.9 Å². The number of rotatable bonds is 3. The van der Waals surface area contributed by atoms with E-state index in [1.54, 1.807) is 6.33 Å². The predicted octanol–water partition coefficient (Wildman–Crippen LogP) is 1.29. The van der Waals surface area contributed by atoms with Crippen LogP contribution in [0, 0.1) is 0 Å². The van der Waals surface area contributed by atoms with Gasteiger partial charge in [0.05, 0.1) is 19.0 Å². The molecule has 7 nitrogen and oxygen atoms in total. The van der Waals surface area contributed by atoms with Gasteiger partial charge in [-0.3, -0.25) is 4.57 Å². The zero-order chi connectivity index (χ0) is 14.2. The fourth-order valence-corrected chi connectivity index (χ4v) is 2.74. The highest BCUT2D eigenvalue weighted by Crippen LogP contribution is 2.30. The van der Waals surface area contributed by atoms with Crippen molar-refractivity contribution in [2.75, 3.05) is 6.61 Å². The van der Waals surface area contributed by atoms with Crippen LogP contribution >= 0.6 is 0 Å². The van der Waals surface area contributed by atoms with E-state index in [2.05, 4.69) is 15.0 Å². The molecule has 1 aliphatic heterocycles. The quantitative estimate of drug-likeness (QED) is 0.784. The van der Waals surface area contributed by atoms with E-state index >= 15 is 0 Å². The molecule has 1 aliphatic rings. The summed E-state index contributed by atoms with van der Waals surface area (Å²) >= 11 is 0. The Bertz CT molecular complexity index is 752. The molecule has 3 aromatic heterocycles. The molecule has 4 rings (SSSR count). The third-order valence-electron chi connectivity index (χ3n) is 3.79. The summed E-state index contributed by atoms with van der Waals surface area (Å²) in [6.45, 7) is 0.0483. The standard InChI is InChI=1S/C14H15N5O2/c20-7-10-3-4-11(21-10)19-9-17-12-13(15-8-16-14(12)19)18-5-1-2-6-18/h1-2,5-6,8-11,20H,3-4,7H2. The maximum absolute atomic E-state index is 9.18. The van der Waals surface area contributed by atoms with Gasteiger partial charge in [0.25, 0.3) is 0 Å². The topological polar surface area (TPSA) is 78.0 Å². The second-order valence-electron chi connectivity index (χ2n) is 5.08. The fraction of sp³-hybridized carbons (Fsp3) is 0.357. The predicted molar refractivity (Wildman–Crippen MR) is 74.9 cm³/mol. The highest BCUT2D eigenvalue weighted by molar-refractivity contribution is 5.78. The van der Waals surface area contributed by atoms with Crippen molar-refractivity contribution in [2.24, 2.45) is 0 Å². The Morgan fingerprint density at radius 1 is 1.19 bits per heavy atom. The second-order valence-corrected chi connectivity index (χ2v) is 5.08. The minimum Gasteiger partial charge on any atom is -0.394 e. The Morgan fingerprint density at radius 3 is 2.81 bits per heavy atom. The molecule has 0 bridgehead atoms. The van der Waals surface area contributed by atoms with Crippen LogP contribution < -0.4 is 0 Å². The first kappa shape index (κ1) is 12.5. The molecule has 0 aliphatic carbocycles. The number of nitrogens with zero attached hydrogens (tertiary/aromatic N) is 5. The molecule has 0 amide bonds. The molecule has 0 saturated carbocycles. The first-order chi connectivity index (χ1) is 10.4. The van der Waals surface area contributed by atoms with E-state index in [0.29, 0.717) is 0 Å². The van der Waals surface area contributed by atoms with E-state index in [0.717, 1.165) is 29.8 Å². The van der Waals surface area contributed by atoms with Crippen molar-refractivity contribution in [1.82, 2.24) is 24.1 Å². The van der Waals surface area contributed by atoms with Crippen LogP contribution in [-0.4, -0.2) is 41.9 Å². The molecule has 21 heavy (non-hydrogen) atoms. The van der Waals surface area contributed by atoms with Gasteiger partial charge in [-0.05, 0) is 25.0 Å². The van der Waals surface area contributed by atoms with E-state index in [1.807, 2.05) is 33.7 Å². The van der Waals surface area contributed by atoms with E-state index in [1.165, 1.54) is 6.33 Å². The lowest BCUT2D eigenvalue weighted by Gasteiger charge is -2.13. The normalized spacial score (nSPS) is 22.1. The first-order valence-corrected chi connectivity index (χ1v) is 6.94. The lowest BCUT2D eigenvalue weighted by molar-refractivity contribution is -0.0207. The van der Waals surface area contributed by atoms with Crippen molar-refractivity contribution in [3.05, 3.63) is 37.2 Å². The molecule has 2 atom stereocenters. The van der Waals surface area contributed by atoms with E-state index in [4.69, 9.17) is 4.74 Å². The second kappa shape index (κ2) is 4.94. The lowest BCUT2D eigenvalue weighted by atomic mass is 10.2. The average Bonchev–Trinajstić information content (AvgIpc) is 3.25. The Labute approximate surface area is 120 Å². The number of aromatic nitrogens is 5. The van der Waals surface area contributed by atoms with Gasteiger partial charge in [-0.2, -0.15) is 0 Å². The van der Waals surface area contributed by atoms with Gasteiger partial charge in [0.1, 0.15) is 12.6 Å². The summed E-state index contributed by atoms with van der Waals surface area (Å²) in [6.07, 6.45) is 8.59. The molecule has 0 spiro atoms. The van der Waals surface area contributed by atoms with Gasteiger partial charge in [0.15, 0.2) is 17.0 Å². The monoisotopic (exact) mass is 285 g/mol. The molecule has 0 radical (unpaired) electrons. The van der Waals surface area contributed by atoms with Gasteiger partial charge >= 0.3 is 0 Å². The van der Waals surface area contributed by atoms with Crippen molar-refractivity contribution in [2.45, 2.75) is 25.2 Å². The summed E-state index contributed by atoms with van der Waals surface area (Å²) < 4.78 is 9.63. The molecule has 1 saturated heterocycles. The molecular weight excluding hydrogens is 270 g/mol. The Hall–Kier alpha value is -2.25. The SMILES string of the molecule is OCC1CCC(n2cnc3c(-n4cccc4)ncnc32)O1. The molecule has 4 heterocycles. The fourth-order valence-electron chi connectivity index (χ4n) is 2.74. The van der Waals surface area contributed by atoms with Crippen LogP contribution in [0.3, 0.4) is 0 Å². The zero-order valence-electron chi connectivity index (χ0n) is 11.3. The first-order valence-electron chi connectivity index (χ1n) is 6.94. The van der Waals surface area contributed by atoms with Crippen LogP contribution in [0.1, 0.15) is 19.1 Å². The third-order valence-corrected chi connectivity index (χ3v) is 3.79. The zero-order valence-corrected chi connectivity index (χ0v) is 11.3. The number of hydrogen-bond donors (Lipinski definition) is 1.